The second-order valence-electron chi connectivity index (χ2n) is 24.2. The fraction of sp³-hybridized carbons (Fsp3) is 0.443. The number of hydrogen-bond donors (Lipinski definition) is 4. The largest absolute Gasteiger partial charge is 0.397 e. The maximum absolute atomic E-state index is 9.50. The van der Waals surface area contributed by atoms with Crippen LogP contribution in [-0.4, -0.2) is 97.2 Å². The van der Waals surface area contributed by atoms with Gasteiger partial charge in [-0.25, -0.2) is 0 Å². The van der Waals surface area contributed by atoms with Crippen LogP contribution < -0.4 is 17.2 Å². The highest BCUT2D eigenvalue weighted by Crippen LogP contribution is 2.18. The van der Waals surface area contributed by atoms with Crippen molar-refractivity contribution in [3.8, 4) is 0 Å². The number of benzene rings is 9. The molecule has 7 N–H and O–H groups in total. The number of hydrogen-bond acceptors (Lipinski definition) is 6. The van der Waals surface area contributed by atoms with Crippen LogP contribution in [0.2, 0.25) is 0 Å². The second-order valence-corrected chi connectivity index (χ2v) is 24.2. The molecular formula is C97H162F5N3O3. The topological polar surface area (TPSA) is 117 Å². The predicted molar refractivity (Wildman–Crippen MR) is 480 cm³/mol. The van der Waals surface area contributed by atoms with E-state index in [2.05, 4.69) is 370 Å². The van der Waals surface area contributed by atoms with Gasteiger partial charge in [-0.05, 0) is 131 Å². The highest BCUT2D eigenvalue weighted by atomic mass is 19.1. The molecule has 618 valence electrons. The quantitative estimate of drug-likeness (QED) is 0.107. The minimum absolute atomic E-state index is 0.250. The summed E-state index contributed by atoms with van der Waals surface area (Å²) in [6, 6.07) is 94.7. The number of ether oxygens (including phenoxy) is 2. The van der Waals surface area contributed by atoms with Gasteiger partial charge in [0.25, 0.3) is 0 Å². The molecule has 11 heteroatoms. The number of rotatable bonds is 9. The highest BCUT2D eigenvalue weighted by molar-refractivity contribution is 5.23. The SMILES string of the molecule is CC.CC(C)c1ccccc1.CC(C)c1ccccc1.CC(C)c1ccccc1.CC(C)c1ccccc1.CC(C)c1ccccc1.CC(C)c1ccccc1.CC(C)c1ccccc1.CC(C)c1ccccc1.CC(C)c1ccccc1.CCO.CF.CF.CF.CF.CF.CN.CN.CN.COC.COC. The monoisotopic (exact) mass is 1510 g/mol. The van der Waals surface area contributed by atoms with E-state index in [1.165, 1.54) is 71.2 Å². The standard InChI is InChI=1S/9C9H12.3C2H6O.C2H6.5CH3F.3CH5N/c9*1-8(2)9-6-4-3-5-7-9;2*1-3-2;1-2-3;9*1-2/h9*3-8H,1-2H3;2*1-2H3;3H,2H2,1H3;1-2H3;5*1H3;3*2H2,1H3. The average Bonchev–Trinajstić information content (AvgIpc) is 1.28. The van der Waals surface area contributed by atoms with Crippen molar-refractivity contribution in [3.05, 3.63) is 323 Å². The van der Waals surface area contributed by atoms with Crippen LogP contribution >= 0.6 is 0 Å². The molecule has 0 aromatic heterocycles. The number of aliphatic hydroxyl groups is 1. The zero-order chi connectivity index (χ0) is 86.3. The average molecular weight is 1510 g/mol. The van der Waals surface area contributed by atoms with Crippen molar-refractivity contribution in [2.45, 2.75) is 199 Å². The molecule has 0 amide bonds. The summed E-state index contributed by atoms with van der Waals surface area (Å²) in [6.07, 6.45) is 0. The Morgan fingerprint density at radius 1 is 0.204 bits per heavy atom. The van der Waals surface area contributed by atoms with Gasteiger partial charge in [0.15, 0.2) is 0 Å². The second kappa shape index (κ2) is 108. The Kier molecular flexibility index (Phi) is 127. The van der Waals surface area contributed by atoms with E-state index in [4.69, 9.17) is 5.11 Å². The molecule has 0 fully saturated rings. The van der Waals surface area contributed by atoms with Crippen molar-refractivity contribution in [3.63, 3.8) is 0 Å². The van der Waals surface area contributed by atoms with Gasteiger partial charge in [-0.3, -0.25) is 22.0 Å². The maximum Gasteiger partial charge on any atom is 0.0785 e. The Hall–Kier alpha value is -7.61. The number of alkyl halides is 5. The normalized spacial score (nSPS) is 8.58. The number of nitrogens with two attached hydrogens (primary N) is 3. The van der Waals surface area contributed by atoms with Gasteiger partial charge in [0.05, 0.1) is 35.9 Å². The lowest BCUT2D eigenvalue weighted by molar-refractivity contribution is 0.277. The molecule has 0 aliphatic rings. The van der Waals surface area contributed by atoms with Crippen LogP contribution in [0.15, 0.2) is 273 Å². The van der Waals surface area contributed by atoms with Crippen LogP contribution in [0.25, 0.3) is 0 Å². The van der Waals surface area contributed by atoms with Crippen molar-refractivity contribution in [1.82, 2.24) is 0 Å². The highest BCUT2D eigenvalue weighted by Gasteiger charge is 1.99. The minimum Gasteiger partial charge on any atom is -0.397 e. The van der Waals surface area contributed by atoms with E-state index in [1.807, 2.05) is 68.4 Å². The molecule has 0 saturated heterocycles. The molecule has 0 heterocycles. The fourth-order valence-electron chi connectivity index (χ4n) is 7.54. The molecule has 9 aromatic carbocycles. The van der Waals surface area contributed by atoms with Crippen molar-refractivity contribution in [2.24, 2.45) is 17.2 Å². The van der Waals surface area contributed by atoms with E-state index in [9.17, 15) is 22.0 Å². The van der Waals surface area contributed by atoms with Gasteiger partial charge in [0, 0.05) is 35.0 Å². The van der Waals surface area contributed by atoms with Gasteiger partial charge in [0.1, 0.15) is 0 Å². The van der Waals surface area contributed by atoms with E-state index < -0.39 is 0 Å². The molecule has 9 aromatic rings. The van der Waals surface area contributed by atoms with Crippen LogP contribution in [0.3, 0.4) is 0 Å². The smallest absolute Gasteiger partial charge is 0.0785 e. The van der Waals surface area contributed by atoms with Crippen molar-refractivity contribution in [1.29, 1.82) is 0 Å². The first-order chi connectivity index (χ1) is 52.0. The third-order valence-electron chi connectivity index (χ3n) is 13.2. The van der Waals surface area contributed by atoms with E-state index in [-0.39, 0.29) is 6.61 Å². The van der Waals surface area contributed by atoms with E-state index in [0.29, 0.717) is 89.1 Å². The Labute approximate surface area is 664 Å². The van der Waals surface area contributed by atoms with Crippen LogP contribution in [0, 0.1) is 0 Å². The van der Waals surface area contributed by atoms with Gasteiger partial charge in [0.2, 0.25) is 0 Å². The van der Waals surface area contributed by atoms with Crippen molar-refractivity contribution >= 4 is 0 Å². The molecule has 0 unspecified atom stereocenters. The third kappa shape index (κ3) is 92.6. The predicted octanol–water partition coefficient (Wildman–Crippen LogP) is 28.5. The molecule has 0 atom stereocenters. The molecule has 108 heavy (non-hydrogen) atoms. The Bertz CT molecular complexity index is 2200. The summed E-state index contributed by atoms with van der Waals surface area (Å²) in [6.45, 7) is 45.6. The first-order valence-corrected chi connectivity index (χ1v) is 37.5. The first kappa shape index (κ1) is 127. The van der Waals surface area contributed by atoms with Crippen LogP contribution in [0.1, 0.15) is 249 Å². The van der Waals surface area contributed by atoms with E-state index in [0.717, 1.165) is 0 Å². The maximum atomic E-state index is 9.50. The lowest BCUT2D eigenvalue weighted by Crippen LogP contribution is -1.83. The summed E-state index contributed by atoms with van der Waals surface area (Å²) in [5.41, 5.74) is 26.2. The zero-order valence-corrected chi connectivity index (χ0v) is 74.3. The van der Waals surface area contributed by atoms with Gasteiger partial charge in [-0.1, -0.05) is 411 Å². The lowest BCUT2D eigenvalue weighted by atomic mass is 10.0. The minimum atomic E-state index is 0.250. The Balaban J connectivity index is -0.0000000922. The first-order valence-electron chi connectivity index (χ1n) is 37.5. The van der Waals surface area contributed by atoms with Crippen molar-refractivity contribution < 1.29 is 36.5 Å². The van der Waals surface area contributed by atoms with E-state index >= 15 is 0 Å². The summed E-state index contributed by atoms with van der Waals surface area (Å²) < 4.78 is 56.0. The number of aliphatic hydroxyl groups excluding tert-OH is 1. The van der Waals surface area contributed by atoms with E-state index in [1.54, 1.807) is 35.4 Å². The van der Waals surface area contributed by atoms with Gasteiger partial charge >= 0.3 is 0 Å². The molecule has 9 rings (SSSR count). The molecular weight excluding hydrogens is 1350 g/mol. The molecule has 0 spiro atoms. The molecule has 0 aliphatic heterocycles. The molecule has 6 nitrogen and oxygen atoms in total. The summed E-state index contributed by atoms with van der Waals surface area (Å²) in [7, 11) is 13.5. The lowest BCUT2D eigenvalue weighted by Gasteiger charge is -2.01. The zero-order valence-electron chi connectivity index (χ0n) is 74.3. The van der Waals surface area contributed by atoms with Crippen LogP contribution in [0.4, 0.5) is 22.0 Å². The summed E-state index contributed by atoms with van der Waals surface area (Å²) in [5.74, 6) is 5.93. The van der Waals surface area contributed by atoms with Crippen LogP contribution in [-0.2, 0) is 9.47 Å². The van der Waals surface area contributed by atoms with Crippen molar-refractivity contribution in [2.75, 3.05) is 92.1 Å². The molecule has 0 saturated carbocycles. The molecule has 0 radical (unpaired) electrons. The summed E-state index contributed by atoms with van der Waals surface area (Å²) in [5, 5.41) is 7.57. The molecule has 0 bridgehead atoms. The fourth-order valence-corrected chi connectivity index (χ4v) is 7.54. The van der Waals surface area contributed by atoms with Crippen LogP contribution in [0.5, 0.6) is 0 Å². The number of halogens is 5. The Morgan fingerprint density at radius 2 is 0.250 bits per heavy atom. The van der Waals surface area contributed by atoms with Gasteiger partial charge in [-0.15, -0.1) is 0 Å². The number of methoxy groups -OCH3 is 2. The summed E-state index contributed by atoms with van der Waals surface area (Å²) >= 11 is 0. The third-order valence-corrected chi connectivity index (χ3v) is 13.2. The Morgan fingerprint density at radius 3 is 0.278 bits per heavy atom. The van der Waals surface area contributed by atoms with Gasteiger partial charge in [-0.2, -0.15) is 0 Å². The van der Waals surface area contributed by atoms with Gasteiger partial charge < -0.3 is 31.8 Å². The summed E-state index contributed by atoms with van der Waals surface area (Å²) in [4.78, 5) is 0. The molecule has 0 aliphatic carbocycles.